The van der Waals surface area contributed by atoms with Gasteiger partial charge in [0.25, 0.3) is 6.47 Å². The van der Waals surface area contributed by atoms with E-state index in [1.54, 1.807) is 13.2 Å². The maximum absolute atomic E-state index is 10.8. The molecule has 7 heteroatoms. The van der Waals surface area contributed by atoms with Crippen LogP contribution >= 0.6 is 11.6 Å². The number of allylic oxidation sites excluding steroid dienone is 1. The zero-order valence-corrected chi connectivity index (χ0v) is 19.3. The molecule has 0 amide bonds. The third-order valence-corrected chi connectivity index (χ3v) is 4.79. The zero-order chi connectivity index (χ0) is 23.1. The number of hydrogen-bond acceptors (Lipinski definition) is 6. The predicted molar refractivity (Wildman–Crippen MR) is 128 cm³/mol. The summed E-state index contributed by atoms with van der Waals surface area (Å²) in [5.41, 5.74) is 3.65. The Morgan fingerprint density at radius 2 is 1.87 bits per heavy atom. The Hall–Kier alpha value is -2.99. The molecule has 0 radical (unpaired) electrons. The van der Waals surface area contributed by atoms with Gasteiger partial charge in [-0.1, -0.05) is 18.2 Å². The fourth-order valence-electron chi connectivity index (χ4n) is 2.92. The number of rotatable bonds is 11. The molecule has 6 nitrogen and oxygen atoms in total. The lowest BCUT2D eigenvalue weighted by molar-refractivity contribution is -0.120. The fraction of sp³-hybridized carbons (Fsp3) is 0.333. The van der Waals surface area contributed by atoms with Crippen molar-refractivity contribution in [2.45, 2.75) is 26.2 Å². The summed E-state index contributed by atoms with van der Waals surface area (Å²) in [6.07, 6.45) is 5.46. The van der Waals surface area contributed by atoms with Crippen molar-refractivity contribution in [1.29, 1.82) is 0 Å². The quantitative estimate of drug-likeness (QED) is 0.284. The summed E-state index contributed by atoms with van der Waals surface area (Å²) >= 11 is 5.32. The minimum absolute atomic E-state index is 0.443. The summed E-state index contributed by atoms with van der Waals surface area (Å²) in [6, 6.07) is 13.3. The van der Waals surface area contributed by atoms with Crippen molar-refractivity contribution in [2.75, 3.05) is 37.3 Å². The molecule has 31 heavy (non-hydrogen) atoms. The third kappa shape index (κ3) is 7.98. The average Bonchev–Trinajstić information content (AvgIpc) is 2.81. The minimum Gasteiger partial charge on any atom is -0.495 e. The second kappa shape index (κ2) is 14.9. The van der Waals surface area contributed by atoms with Crippen LogP contribution in [0.1, 0.15) is 31.7 Å². The van der Waals surface area contributed by atoms with Crippen LogP contribution in [-0.4, -0.2) is 39.8 Å². The molecule has 2 aromatic rings. The van der Waals surface area contributed by atoms with Crippen molar-refractivity contribution < 1.29 is 19.1 Å². The van der Waals surface area contributed by atoms with Crippen LogP contribution in [0, 0.1) is 0 Å². The number of anilines is 2. The number of unbranched alkanes of at least 4 members (excludes halogenated alkanes) is 2. The van der Waals surface area contributed by atoms with Crippen molar-refractivity contribution in [1.82, 2.24) is 0 Å². The maximum atomic E-state index is 10.8. The highest BCUT2D eigenvalue weighted by Gasteiger charge is 2.15. The lowest BCUT2D eigenvalue weighted by Gasteiger charge is -2.25. The fourth-order valence-corrected chi connectivity index (χ4v) is 3.11. The highest BCUT2D eigenvalue weighted by Crippen LogP contribution is 2.34. The second-order valence-corrected chi connectivity index (χ2v) is 6.81. The molecule has 0 aliphatic heterocycles. The summed E-state index contributed by atoms with van der Waals surface area (Å²) in [5, 5.41) is 3.13. The third-order valence-electron chi connectivity index (χ3n) is 4.52. The van der Waals surface area contributed by atoms with Crippen molar-refractivity contribution in [3.05, 3.63) is 54.1 Å². The summed E-state index contributed by atoms with van der Waals surface area (Å²) in [6.45, 7) is 2.39. The SMILES string of the molecule is C/C=C(\c1ccccc1OC=O)N(C)c1ccc(OC)c(NC)c1.O=CCCCCCl. The molecule has 168 valence electrons. The highest BCUT2D eigenvalue weighted by molar-refractivity contribution is 6.17. The molecular weight excluding hydrogens is 416 g/mol. The highest BCUT2D eigenvalue weighted by atomic mass is 35.5. The number of halogens is 1. The molecule has 0 saturated carbocycles. The Kier molecular flexibility index (Phi) is 12.5. The summed E-state index contributed by atoms with van der Waals surface area (Å²) in [5.74, 6) is 1.98. The first-order valence-corrected chi connectivity index (χ1v) is 10.6. The number of ether oxygens (including phenoxy) is 2. The van der Waals surface area contributed by atoms with Gasteiger partial charge in [-0.25, -0.2) is 0 Å². The van der Waals surface area contributed by atoms with Gasteiger partial charge in [0.2, 0.25) is 0 Å². The van der Waals surface area contributed by atoms with E-state index in [0.29, 0.717) is 24.5 Å². The molecule has 1 N–H and O–H groups in total. The van der Waals surface area contributed by atoms with Gasteiger partial charge in [0, 0.05) is 43.3 Å². The van der Waals surface area contributed by atoms with Crippen LogP contribution in [0.2, 0.25) is 0 Å². The molecule has 2 aromatic carbocycles. The average molecular weight is 447 g/mol. The number of methoxy groups -OCH3 is 1. The van der Waals surface area contributed by atoms with Crippen molar-refractivity contribution in [3.63, 3.8) is 0 Å². The monoisotopic (exact) mass is 446 g/mol. The number of benzene rings is 2. The van der Waals surface area contributed by atoms with Crippen LogP contribution in [0.5, 0.6) is 11.5 Å². The zero-order valence-electron chi connectivity index (χ0n) is 18.6. The molecule has 0 aliphatic rings. The van der Waals surface area contributed by atoms with Crippen LogP contribution in [0.25, 0.3) is 5.70 Å². The van der Waals surface area contributed by atoms with Gasteiger partial charge in [0.15, 0.2) is 0 Å². The summed E-state index contributed by atoms with van der Waals surface area (Å²) in [7, 11) is 5.46. The van der Waals surface area contributed by atoms with Crippen molar-refractivity contribution in [3.8, 4) is 11.5 Å². The van der Waals surface area contributed by atoms with E-state index >= 15 is 0 Å². The summed E-state index contributed by atoms with van der Waals surface area (Å²) < 4.78 is 10.4. The van der Waals surface area contributed by atoms with E-state index in [0.717, 1.165) is 47.5 Å². The van der Waals surface area contributed by atoms with Gasteiger partial charge >= 0.3 is 0 Å². The number of aldehydes is 1. The Morgan fingerprint density at radius 3 is 2.45 bits per heavy atom. The molecule has 0 aromatic heterocycles. The molecule has 0 bridgehead atoms. The molecule has 0 fully saturated rings. The number of carbonyl (C=O) groups excluding carboxylic acids is 2. The number of alkyl halides is 1. The summed E-state index contributed by atoms with van der Waals surface area (Å²) in [4.78, 5) is 22.4. The Bertz CT molecular complexity index is 855. The number of nitrogens with one attached hydrogen (secondary N) is 1. The first kappa shape index (κ1) is 26.0. The van der Waals surface area contributed by atoms with Crippen LogP contribution in [0.15, 0.2) is 48.5 Å². The molecule has 2 rings (SSSR count). The van der Waals surface area contributed by atoms with Gasteiger partial charge in [0.1, 0.15) is 17.8 Å². The first-order valence-electron chi connectivity index (χ1n) is 10.0. The first-order chi connectivity index (χ1) is 15.1. The van der Waals surface area contributed by atoms with Gasteiger partial charge in [-0.05, 0) is 50.1 Å². The number of carbonyl (C=O) groups is 2. The van der Waals surface area contributed by atoms with E-state index in [-0.39, 0.29) is 0 Å². The van der Waals surface area contributed by atoms with Crippen LogP contribution in [-0.2, 0) is 9.59 Å². The topological polar surface area (TPSA) is 67.9 Å². The molecular formula is C24H31ClN2O4. The second-order valence-electron chi connectivity index (χ2n) is 6.43. The van der Waals surface area contributed by atoms with Crippen LogP contribution < -0.4 is 19.7 Å². The number of nitrogens with zero attached hydrogens (tertiary/aromatic N) is 1. The number of para-hydroxylation sites is 1. The van der Waals surface area contributed by atoms with Gasteiger partial charge in [-0.2, -0.15) is 0 Å². The largest absolute Gasteiger partial charge is 0.495 e. The molecule has 0 unspecified atom stereocenters. The molecule has 0 aliphatic carbocycles. The maximum Gasteiger partial charge on any atom is 0.298 e. The standard InChI is InChI=1S/C19H22N2O3.C5H9ClO/c1-5-17(15-8-6-7-9-18(15)24-13-22)21(3)14-10-11-19(23-4)16(12-14)20-2;6-4-2-1-3-5-7/h5-13,20H,1-4H3;5H,1-4H2/b17-5+;. The van der Waals surface area contributed by atoms with E-state index in [2.05, 4.69) is 5.32 Å². The van der Waals surface area contributed by atoms with Crippen LogP contribution in [0.4, 0.5) is 11.4 Å². The Balaban J connectivity index is 0.000000592. The predicted octanol–water partition coefficient (Wildman–Crippen LogP) is 5.36. The van der Waals surface area contributed by atoms with Gasteiger partial charge in [-0.3, -0.25) is 4.79 Å². The van der Waals surface area contributed by atoms with Crippen molar-refractivity contribution >= 4 is 41.4 Å². The number of hydrogen-bond donors (Lipinski definition) is 1. The van der Waals surface area contributed by atoms with E-state index in [1.165, 1.54) is 0 Å². The van der Waals surface area contributed by atoms with E-state index in [4.69, 9.17) is 21.1 Å². The molecule has 0 spiro atoms. The Labute approximate surface area is 189 Å². The van der Waals surface area contributed by atoms with Gasteiger partial charge in [0.05, 0.1) is 12.8 Å². The lowest BCUT2D eigenvalue weighted by atomic mass is 10.1. The van der Waals surface area contributed by atoms with E-state index in [9.17, 15) is 9.59 Å². The Morgan fingerprint density at radius 1 is 1.13 bits per heavy atom. The van der Waals surface area contributed by atoms with Gasteiger partial charge in [-0.15, -0.1) is 11.6 Å². The lowest BCUT2D eigenvalue weighted by Crippen LogP contribution is -2.16. The minimum atomic E-state index is 0.443. The smallest absolute Gasteiger partial charge is 0.298 e. The molecule has 0 heterocycles. The molecule has 0 saturated heterocycles. The molecule has 0 atom stereocenters. The normalized spacial score (nSPS) is 10.4. The van der Waals surface area contributed by atoms with Crippen LogP contribution in [0.3, 0.4) is 0 Å². The van der Waals surface area contributed by atoms with Gasteiger partial charge < -0.3 is 24.5 Å². The van der Waals surface area contributed by atoms with E-state index in [1.807, 2.05) is 68.4 Å². The van der Waals surface area contributed by atoms with Crippen molar-refractivity contribution in [2.24, 2.45) is 0 Å². The van der Waals surface area contributed by atoms with E-state index < -0.39 is 0 Å².